The fourth-order valence-electron chi connectivity index (χ4n) is 2.18. The number of hydrogen-bond donors (Lipinski definition) is 1. The molecule has 14 heavy (non-hydrogen) atoms. The van der Waals surface area contributed by atoms with Crippen molar-refractivity contribution in [3.63, 3.8) is 0 Å². The van der Waals surface area contributed by atoms with Gasteiger partial charge in [-0.2, -0.15) is 0 Å². The quantitative estimate of drug-likeness (QED) is 0.611. The first-order chi connectivity index (χ1) is 6.93. The first-order valence-electron chi connectivity index (χ1n) is 5.34. The molecular formula is C10H15N3S. The van der Waals surface area contributed by atoms with Crippen LogP contribution in [0.2, 0.25) is 0 Å². The Morgan fingerprint density at radius 3 is 3.50 bits per heavy atom. The molecule has 3 aliphatic rings. The fraction of sp³-hybridized carbons (Fsp3) is 0.700. The van der Waals surface area contributed by atoms with Crippen molar-refractivity contribution < 1.29 is 0 Å². The highest BCUT2D eigenvalue weighted by Crippen LogP contribution is 2.33. The lowest BCUT2D eigenvalue weighted by atomic mass is 10.1. The van der Waals surface area contributed by atoms with E-state index in [2.05, 4.69) is 20.8 Å². The Kier molecular flexibility index (Phi) is 2.25. The lowest BCUT2D eigenvalue weighted by Crippen LogP contribution is -2.26. The molecule has 0 aromatic heterocycles. The molecular weight excluding hydrogens is 194 g/mol. The zero-order chi connectivity index (χ0) is 9.38. The molecule has 3 heterocycles. The van der Waals surface area contributed by atoms with E-state index in [1.807, 2.05) is 11.9 Å². The standard InChI is InChI=1S/C10H15N3S/c1-2-4-13-8(3-1)5-12-9-6-11-7-10(9)14-13/h5,10-11H,1-4,6-7H2. The molecule has 0 radical (unpaired) electrons. The van der Waals surface area contributed by atoms with Crippen LogP contribution in [0.15, 0.2) is 16.9 Å². The van der Waals surface area contributed by atoms with Gasteiger partial charge in [0, 0.05) is 37.2 Å². The lowest BCUT2D eigenvalue weighted by Gasteiger charge is -2.30. The van der Waals surface area contributed by atoms with Crippen molar-refractivity contribution >= 4 is 17.7 Å². The van der Waals surface area contributed by atoms with Gasteiger partial charge in [-0.25, -0.2) is 0 Å². The van der Waals surface area contributed by atoms with Crippen LogP contribution in [0.3, 0.4) is 0 Å². The van der Waals surface area contributed by atoms with Crippen LogP contribution in [0.25, 0.3) is 0 Å². The molecule has 2 saturated heterocycles. The zero-order valence-electron chi connectivity index (χ0n) is 8.20. The van der Waals surface area contributed by atoms with Gasteiger partial charge in [-0.3, -0.25) is 4.99 Å². The lowest BCUT2D eigenvalue weighted by molar-refractivity contribution is 0.452. The maximum atomic E-state index is 4.60. The molecule has 76 valence electrons. The topological polar surface area (TPSA) is 27.6 Å². The van der Waals surface area contributed by atoms with E-state index in [9.17, 15) is 0 Å². The van der Waals surface area contributed by atoms with E-state index in [1.54, 1.807) is 0 Å². The van der Waals surface area contributed by atoms with Gasteiger partial charge in [0.05, 0.1) is 5.25 Å². The van der Waals surface area contributed by atoms with Gasteiger partial charge in [0.15, 0.2) is 0 Å². The third-order valence-electron chi connectivity index (χ3n) is 3.01. The molecule has 0 aromatic rings. The zero-order valence-corrected chi connectivity index (χ0v) is 9.02. The summed E-state index contributed by atoms with van der Waals surface area (Å²) in [5.74, 6) is 0. The van der Waals surface area contributed by atoms with E-state index in [0.29, 0.717) is 5.25 Å². The van der Waals surface area contributed by atoms with Crippen LogP contribution in [0.5, 0.6) is 0 Å². The second-order valence-corrected chi connectivity index (χ2v) is 5.25. The van der Waals surface area contributed by atoms with Crippen molar-refractivity contribution in [1.82, 2.24) is 9.62 Å². The number of nitrogens with one attached hydrogen (secondary N) is 1. The van der Waals surface area contributed by atoms with Crippen molar-refractivity contribution in [2.45, 2.75) is 24.5 Å². The summed E-state index contributed by atoms with van der Waals surface area (Å²) in [4.78, 5) is 4.60. The number of piperidine rings is 1. The monoisotopic (exact) mass is 209 g/mol. The maximum absolute atomic E-state index is 4.60. The number of aliphatic imine (C=N–C) groups is 1. The molecule has 0 spiro atoms. The predicted octanol–water partition coefficient (Wildman–Crippen LogP) is 1.39. The highest BCUT2D eigenvalue weighted by Gasteiger charge is 2.29. The normalized spacial score (nSPS) is 31.4. The number of nitrogens with zero attached hydrogens (tertiary/aromatic N) is 2. The van der Waals surface area contributed by atoms with Crippen LogP contribution in [-0.2, 0) is 0 Å². The summed E-state index contributed by atoms with van der Waals surface area (Å²) in [6.07, 6.45) is 5.97. The molecule has 1 unspecified atom stereocenters. The third-order valence-corrected chi connectivity index (χ3v) is 4.37. The van der Waals surface area contributed by atoms with E-state index in [0.717, 1.165) is 13.1 Å². The van der Waals surface area contributed by atoms with Crippen LogP contribution in [0.4, 0.5) is 0 Å². The minimum absolute atomic E-state index is 0.585. The Morgan fingerprint density at radius 1 is 1.50 bits per heavy atom. The van der Waals surface area contributed by atoms with E-state index in [-0.39, 0.29) is 0 Å². The second-order valence-electron chi connectivity index (χ2n) is 4.03. The van der Waals surface area contributed by atoms with Crippen LogP contribution in [-0.4, -0.2) is 34.9 Å². The van der Waals surface area contributed by atoms with Crippen molar-refractivity contribution in [2.75, 3.05) is 19.6 Å². The van der Waals surface area contributed by atoms with Crippen LogP contribution in [0, 0.1) is 0 Å². The predicted molar refractivity (Wildman–Crippen MR) is 60.3 cm³/mol. The van der Waals surface area contributed by atoms with E-state index < -0.39 is 0 Å². The minimum Gasteiger partial charge on any atom is -0.318 e. The molecule has 3 nitrogen and oxygen atoms in total. The highest BCUT2D eigenvalue weighted by molar-refractivity contribution is 7.98. The van der Waals surface area contributed by atoms with Gasteiger partial charge in [0.1, 0.15) is 0 Å². The summed E-state index contributed by atoms with van der Waals surface area (Å²) in [7, 11) is 0. The Balaban J connectivity index is 1.86. The van der Waals surface area contributed by atoms with Crippen molar-refractivity contribution in [2.24, 2.45) is 4.99 Å². The Morgan fingerprint density at radius 2 is 2.50 bits per heavy atom. The van der Waals surface area contributed by atoms with Gasteiger partial charge in [0.2, 0.25) is 0 Å². The summed E-state index contributed by atoms with van der Waals surface area (Å²) in [5.41, 5.74) is 2.76. The third kappa shape index (κ3) is 1.46. The molecule has 4 heteroatoms. The van der Waals surface area contributed by atoms with Crippen molar-refractivity contribution in [3.05, 3.63) is 11.9 Å². The average Bonchev–Trinajstić information content (AvgIpc) is 2.58. The molecule has 3 rings (SSSR count). The molecule has 0 amide bonds. The van der Waals surface area contributed by atoms with Crippen LogP contribution >= 0.6 is 11.9 Å². The Labute approximate surface area is 88.8 Å². The molecule has 0 aromatic carbocycles. The second kappa shape index (κ2) is 3.59. The van der Waals surface area contributed by atoms with Gasteiger partial charge in [-0.1, -0.05) is 0 Å². The fourth-order valence-corrected chi connectivity index (χ4v) is 3.45. The average molecular weight is 209 g/mol. The molecule has 0 aliphatic carbocycles. The van der Waals surface area contributed by atoms with Gasteiger partial charge in [0.25, 0.3) is 0 Å². The van der Waals surface area contributed by atoms with Crippen LogP contribution in [0.1, 0.15) is 19.3 Å². The van der Waals surface area contributed by atoms with Gasteiger partial charge in [-0.15, -0.1) is 0 Å². The number of allylic oxidation sites excluding steroid dienone is 1. The smallest absolute Gasteiger partial charge is 0.0768 e. The van der Waals surface area contributed by atoms with Crippen molar-refractivity contribution in [1.29, 1.82) is 0 Å². The highest BCUT2D eigenvalue weighted by atomic mass is 32.2. The van der Waals surface area contributed by atoms with Gasteiger partial charge in [-0.05, 0) is 31.2 Å². The van der Waals surface area contributed by atoms with Gasteiger partial charge < -0.3 is 9.62 Å². The summed E-state index contributed by atoms with van der Waals surface area (Å²) in [5, 5.41) is 3.97. The molecule has 1 atom stereocenters. The first kappa shape index (κ1) is 8.80. The van der Waals surface area contributed by atoms with Crippen molar-refractivity contribution in [3.8, 4) is 0 Å². The SMILES string of the molecule is C1=C2CCCCN2SC2CNCC2=N1. The summed E-state index contributed by atoms with van der Waals surface area (Å²) >= 11 is 1.98. The minimum atomic E-state index is 0.585. The summed E-state index contributed by atoms with van der Waals surface area (Å²) in [6.45, 7) is 3.27. The number of rotatable bonds is 0. The Hall–Kier alpha value is -0.480. The Bertz CT molecular complexity index is 298. The first-order valence-corrected chi connectivity index (χ1v) is 6.18. The summed E-state index contributed by atoms with van der Waals surface area (Å²) in [6, 6.07) is 0. The molecule has 0 bridgehead atoms. The molecule has 1 N–H and O–H groups in total. The van der Waals surface area contributed by atoms with E-state index in [1.165, 1.54) is 37.2 Å². The summed E-state index contributed by atoms with van der Waals surface area (Å²) < 4.78 is 2.46. The van der Waals surface area contributed by atoms with Gasteiger partial charge >= 0.3 is 0 Å². The maximum Gasteiger partial charge on any atom is 0.0768 e. The molecule has 0 saturated carbocycles. The molecule has 3 aliphatic heterocycles. The molecule has 2 fully saturated rings. The number of hydrogen-bond acceptors (Lipinski definition) is 4. The number of fused-ring (bicyclic) bond motifs is 2. The van der Waals surface area contributed by atoms with E-state index in [4.69, 9.17) is 0 Å². The largest absolute Gasteiger partial charge is 0.318 e. The van der Waals surface area contributed by atoms with E-state index >= 15 is 0 Å². The van der Waals surface area contributed by atoms with Crippen LogP contribution < -0.4 is 5.32 Å².